The van der Waals surface area contributed by atoms with Crippen LogP contribution in [-0.4, -0.2) is 85.3 Å². The number of ether oxygens (including phenoxy) is 4. The van der Waals surface area contributed by atoms with Gasteiger partial charge in [0.2, 0.25) is 0 Å². The fraction of sp³-hybridized carbons (Fsp3) is 0.606. The molecule has 2 aromatic rings. The van der Waals surface area contributed by atoms with E-state index in [4.69, 9.17) is 23.9 Å². The molecule has 2 atom stereocenters. The molecule has 4 aliphatic heterocycles. The Bertz CT molecular complexity index is 1400. The lowest BCUT2D eigenvalue weighted by molar-refractivity contribution is 0.0194. The summed E-state index contributed by atoms with van der Waals surface area (Å²) < 4.78 is 23.6. The van der Waals surface area contributed by atoms with Crippen LogP contribution in [0.4, 0.5) is 32.5 Å². The average molecular weight is 608 g/mol. The molecule has 238 valence electrons. The number of carbonyl (C=O) groups excluding carboxylic acids is 2. The molecule has 0 radical (unpaired) electrons. The summed E-state index contributed by atoms with van der Waals surface area (Å²) in [5.74, 6) is 1.45. The van der Waals surface area contributed by atoms with Crippen LogP contribution in [0.5, 0.6) is 5.75 Å². The number of anilines is 4. The minimum atomic E-state index is -0.700. The first-order chi connectivity index (χ1) is 20.9. The second kappa shape index (κ2) is 11.6. The fourth-order valence-electron chi connectivity index (χ4n) is 6.63. The van der Waals surface area contributed by atoms with Crippen LogP contribution in [0.1, 0.15) is 59.9 Å². The highest BCUT2D eigenvalue weighted by Gasteiger charge is 2.42. The molecule has 0 saturated carbocycles. The number of carbonyl (C=O) groups is 2. The number of aromatic nitrogens is 1. The van der Waals surface area contributed by atoms with E-state index in [9.17, 15) is 9.59 Å². The van der Waals surface area contributed by atoms with E-state index in [1.165, 1.54) is 0 Å². The second-order valence-electron chi connectivity index (χ2n) is 14.0. The molecule has 2 amide bonds. The number of likely N-dealkylation sites (tertiary alicyclic amines) is 1. The number of hydrogen-bond acceptors (Lipinski definition) is 9. The van der Waals surface area contributed by atoms with Crippen LogP contribution >= 0.6 is 0 Å². The third-order valence-electron chi connectivity index (χ3n) is 8.53. The van der Waals surface area contributed by atoms with E-state index >= 15 is 0 Å². The maximum Gasteiger partial charge on any atom is 0.420 e. The van der Waals surface area contributed by atoms with Gasteiger partial charge in [0.25, 0.3) is 0 Å². The first-order valence-corrected chi connectivity index (χ1v) is 15.7. The molecule has 3 saturated heterocycles. The Balaban J connectivity index is 1.30. The van der Waals surface area contributed by atoms with Gasteiger partial charge in [0.05, 0.1) is 24.5 Å². The number of benzene rings is 1. The van der Waals surface area contributed by atoms with Gasteiger partial charge in [0.1, 0.15) is 23.6 Å². The molecule has 6 rings (SSSR count). The van der Waals surface area contributed by atoms with Gasteiger partial charge in [0.15, 0.2) is 5.82 Å². The predicted molar refractivity (Wildman–Crippen MR) is 168 cm³/mol. The van der Waals surface area contributed by atoms with Gasteiger partial charge >= 0.3 is 12.2 Å². The SMILES string of the molecule is CC(C)(C)OC(=O)N1c2cc(N3CCC4C(CCN4C(=O)OC(C)(C)C)C3)ccc2OCc2c(N3CCOCC3)ccnc21. The number of hydrogen-bond donors (Lipinski definition) is 0. The topological polar surface area (TPSA) is 96.9 Å². The summed E-state index contributed by atoms with van der Waals surface area (Å²) in [7, 11) is 0. The summed E-state index contributed by atoms with van der Waals surface area (Å²) in [4.78, 5) is 39.6. The number of nitrogens with zero attached hydrogens (tertiary/aromatic N) is 5. The monoisotopic (exact) mass is 607 g/mol. The Labute approximate surface area is 260 Å². The Morgan fingerprint density at radius 1 is 0.864 bits per heavy atom. The van der Waals surface area contributed by atoms with Crippen molar-refractivity contribution in [1.82, 2.24) is 9.88 Å². The van der Waals surface area contributed by atoms with E-state index in [2.05, 4.69) is 15.9 Å². The molecule has 1 aromatic heterocycles. The summed E-state index contributed by atoms with van der Waals surface area (Å²) in [6, 6.07) is 8.15. The smallest absolute Gasteiger partial charge is 0.420 e. The molecule has 0 bridgehead atoms. The highest BCUT2D eigenvalue weighted by Crippen LogP contribution is 2.45. The first-order valence-electron chi connectivity index (χ1n) is 15.7. The van der Waals surface area contributed by atoms with Gasteiger partial charge in [-0.25, -0.2) is 19.5 Å². The molecule has 44 heavy (non-hydrogen) atoms. The van der Waals surface area contributed by atoms with Crippen molar-refractivity contribution in [2.45, 2.75) is 78.2 Å². The van der Waals surface area contributed by atoms with E-state index in [1.54, 1.807) is 11.1 Å². The van der Waals surface area contributed by atoms with Crippen molar-refractivity contribution in [3.05, 3.63) is 36.0 Å². The lowest BCUT2D eigenvalue weighted by Crippen LogP contribution is -2.48. The van der Waals surface area contributed by atoms with Crippen LogP contribution in [-0.2, 0) is 20.8 Å². The van der Waals surface area contributed by atoms with Crippen molar-refractivity contribution >= 4 is 35.1 Å². The van der Waals surface area contributed by atoms with Crippen LogP contribution in [0.3, 0.4) is 0 Å². The molecule has 1 aromatic carbocycles. The molecule has 2 unspecified atom stereocenters. The minimum Gasteiger partial charge on any atom is -0.486 e. The minimum absolute atomic E-state index is 0.165. The van der Waals surface area contributed by atoms with E-state index in [-0.39, 0.29) is 18.7 Å². The van der Waals surface area contributed by atoms with Crippen molar-refractivity contribution in [2.75, 3.05) is 60.6 Å². The van der Waals surface area contributed by atoms with Crippen molar-refractivity contribution in [3.8, 4) is 5.75 Å². The average Bonchev–Trinajstić information content (AvgIpc) is 3.31. The van der Waals surface area contributed by atoms with Crippen molar-refractivity contribution < 1.29 is 28.5 Å². The molecule has 11 heteroatoms. The van der Waals surface area contributed by atoms with Gasteiger partial charge < -0.3 is 33.6 Å². The molecule has 0 aliphatic carbocycles. The Hall–Kier alpha value is -3.73. The normalized spacial score (nSPS) is 22.0. The standard InChI is InChI=1S/C33H45N5O6/c1-32(2,3)43-30(39)37-14-10-22-20-36(13-11-25(22)37)23-7-8-28-27(19-23)38(31(40)44-33(4,5)6)29-24(21-42-28)26(9-12-34-29)35-15-17-41-18-16-35/h7-9,12,19,22,25H,10-11,13-18,20-21H2,1-6H3. The number of morpholine rings is 1. The summed E-state index contributed by atoms with van der Waals surface area (Å²) >= 11 is 0. The number of pyridine rings is 1. The Morgan fingerprint density at radius 3 is 2.32 bits per heavy atom. The summed E-state index contributed by atoms with van der Waals surface area (Å²) in [6.45, 7) is 16.7. The fourth-order valence-corrected chi connectivity index (χ4v) is 6.63. The molecule has 11 nitrogen and oxygen atoms in total. The van der Waals surface area contributed by atoms with Gasteiger partial charge in [0, 0.05) is 56.3 Å². The van der Waals surface area contributed by atoms with Crippen LogP contribution in [0.25, 0.3) is 0 Å². The quantitative estimate of drug-likeness (QED) is 0.425. The van der Waals surface area contributed by atoms with Crippen LogP contribution in [0.2, 0.25) is 0 Å². The lowest BCUT2D eigenvalue weighted by Gasteiger charge is -2.39. The zero-order valence-corrected chi connectivity index (χ0v) is 26.8. The van der Waals surface area contributed by atoms with E-state index < -0.39 is 17.3 Å². The van der Waals surface area contributed by atoms with Gasteiger partial charge in [-0.2, -0.15) is 0 Å². The Morgan fingerprint density at radius 2 is 1.59 bits per heavy atom. The van der Waals surface area contributed by atoms with Crippen molar-refractivity contribution in [3.63, 3.8) is 0 Å². The summed E-state index contributed by atoms with van der Waals surface area (Å²) in [6.07, 6.45) is 2.80. The highest BCUT2D eigenvalue weighted by molar-refractivity contribution is 5.99. The number of rotatable bonds is 2. The number of amides is 2. The van der Waals surface area contributed by atoms with Gasteiger partial charge in [-0.15, -0.1) is 0 Å². The van der Waals surface area contributed by atoms with Crippen LogP contribution in [0, 0.1) is 5.92 Å². The zero-order chi connectivity index (χ0) is 31.2. The third kappa shape index (κ3) is 6.24. The Kier molecular flexibility index (Phi) is 8.02. The van der Waals surface area contributed by atoms with E-state index in [1.807, 2.05) is 64.6 Å². The molecule has 3 fully saturated rings. The number of piperidine rings is 1. The maximum atomic E-state index is 13.9. The van der Waals surface area contributed by atoms with Crippen LogP contribution in [0.15, 0.2) is 30.5 Å². The third-order valence-corrected chi connectivity index (χ3v) is 8.53. The molecule has 4 aliphatic rings. The molecule has 0 spiro atoms. The molecule has 0 N–H and O–H groups in total. The predicted octanol–water partition coefficient (Wildman–Crippen LogP) is 5.72. The van der Waals surface area contributed by atoms with Gasteiger partial charge in [-0.3, -0.25) is 0 Å². The highest BCUT2D eigenvalue weighted by atomic mass is 16.6. The van der Waals surface area contributed by atoms with Crippen molar-refractivity contribution in [2.24, 2.45) is 5.92 Å². The second-order valence-corrected chi connectivity index (χ2v) is 14.0. The van der Waals surface area contributed by atoms with Gasteiger partial charge in [-0.1, -0.05) is 0 Å². The van der Waals surface area contributed by atoms with E-state index in [0.717, 1.165) is 56.0 Å². The molecular formula is C33H45N5O6. The van der Waals surface area contributed by atoms with E-state index in [0.29, 0.717) is 42.9 Å². The molecule has 5 heterocycles. The maximum absolute atomic E-state index is 13.9. The van der Waals surface area contributed by atoms with Crippen LogP contribution < -0.4 is 19.4 Å². The van der Waals surface area contributed by atoms with Gasteiger partial charge in [-0.05, 0) is 84.6 Å². The molecular weight excluding hydrogens is 562 g/mol. The first kappa shape index (κ1) is 30.3. The summed E-state index contributed by atoms with van der Waals surface area (Å²) in [5.41, 5.74) is 2.20. The largest absolute Gasteiger partial charge is 0.486 e. The number of fused-ring (bicyclic) bond motifs is 3. The van der Waals surface area contributed by atoms with Crippen molar-refractivity contribution in [1.29, 1.82) is 0 Å². The lowest BCUT2D eigenvalue weighted by atomic mass is 9.92. The summed E-state index contributed by atoms with van der Waals surface area (Å²) in [5, 5.41) is 0. The zero-order valence-electron chi connectivity index (χ0n) is 26.8.